The molecule has 154 valence electrons. The molecule has 2 aromatic heterocycles. The van der Waals surface area contributed by atoms with Crippen molar-refractivity contribution < 1.29 is 14.3 Å². The van der Waals surface area contributed by atoms with Gasteiger partial charge in [0.25, 0.3) is 5.91 Å². The van der Waals surface area contributed by atoms with Gasteiger partial charge in [-0.15, -0.1) is 11.3 Å². The fourth-order valence-corrected chi connectivity index (χ4v) is 4.11. The van der Waals surface area contributed by atoms with Gasteiger partial charge in [0.2, 0.25) is 5.91 Å². The highest BCUT2D eigenvalue weighted by Gasteiger charge is 2.21. The maximum absolute atomic E-state index is 12.3. The van der Waals surface area contributed by atoms with E-state index in [4.69, 9.17) is 4.74 Å². The normalized spacial score (nSPS) is 14.6. The quantitative estimate of drug-likeness (QED) is 0.629. The van der Waals surface area contributed by atoms with Gasteiger partial charge in [0.15, 0.2) is 6.61 Å². The lowest BCUT2D eigenvalue weighted by Gasteiger charge is -2.16. The monoisotopic (exact) mass is 422 g/mol. The minimum absolute atomic E-state index is 0.0901. The Balaban J connectivity index is 1.28. The number of benzene rings is 1. The van der Waals surface area contributed by atoms with Crippen molar-refractivity contribution in [2.45, 2.75) is 25.8 Å². The number of rotatable bonds is 7. The SMILES string of the molecule is CC(NC(=O)COc1ccc(N2CCCC2=O)cc1)c1nc(-c2cccnc2)cs1. The molecule has 3 aromatic rings. The fraction of sp³-hybridized carbons (Fsp3) is 0.273. The van der Waals surface area contributed by atoms with Crippen LogP contribution in [0.4, 0.5) is 5.69 Å². The third-order valence-corrected chi connectivity index (χ3v) is 5.85. The van der Waals surface area contributed by atoms with Crippen molar-refractivity contribution >= 4 is 28.8 Å². The summed E-state index contributed by atoms with van der Waals surface area (Å²) in [5, 5.41) is 5.69. The summed E-state index contributed by atoms with van der Waals surface area (Å²) in [5.41, 5.74) is 2.65. The van der Waals surface area contributed by atoms with Gasteiger partial charge in [-0.05, 0) is 49.7 Å². The lowest BCUT2D eigenvalue weighted by atomic mass is 10.2. The molecule has 0 aliphatic carbocycles. The number of nitrogens with one attached hydrogen (secondary N) is 1. The number of hydrogen-bond acceptors (Lipinski definition) is 6. The van der Waals surface area contributed by atoms with Gasteiger partial charge in [-0.25, -0.2) is 4.98 Å². The zero-order valence-electron chi connectivity index (χ0n) is 16.6. The first kappa shape index (κ1) is 20.0. The second-order valence-electron chi connectivity index (χ2n) is 7.03. The smallest absolute Gasteiger partial charge is 0.258 e. The van der Waals surface area contributed by atoms with Crippen LogP contribution >= 0.6 is 11.3 Å². The van der Waals surface area contributed by atoms with Crippen LogP contribution in [0.2, 0.25) is 0 Å². The standard InChI is InChI=1S/C22H22N4O3S/c1-15(22-25-19(14-30-22)16-4-2-10-23-12-16)24-20(27)13-29-18-8-6-17(7-9-18)26-11-3-5-21(26)28/h2,4,6-10,12,14-15H,3,5,11,13H2,1H3,(H,24,27). The Hall–Kier alpha value is -3.26. The molecular formula is C22H22N4O3S. The fourth-order valence-electron chi connectivity index (χ4n) is 3.27. The Morgan fingerprint density at radius 3 is 2.83 bits per heavy atom. The van der Waals surface area contributed by atoms with Gasteiger partial charge in [-0.1, -0.05) is 0 Å². The number of anilines is 1. The van der Waals surface area contributed by atoms with Crippen LogP contribution in [0.15, 0.2) is 54.2 Å². The maximum Gasteiger partial charge on any atom is 0.258 e. The van der Waals surface area contributed by atoms with Gasteiger partial charge in [0.1, 0.15) is 10.8 Å². The number of carbonyl (C=O) groups is 2. The average molecular weight is 423 g/mol. The summed E-state index contributed by atoms with van der Waals surface area (Å²) in [6.45, 7) is 2.55. The van der Waals surface area contributed by atoms with Gasteiger partial charge in [0, 0.05) is 42.0 Å². The van der Waals surface area contributed by atoms with Gasteiger partial charge < -0.3 is 15.0 Å². The molecule has 2 amide bonds. The minimum Gasteiger partial charge on any atom is -0.484 e. The molecule has 1 aliphatic heterocycles. The number of hydrogen-bond donors (Lipinski definition) is 1. The number of thiazole rings is 1. The van der Waals surface area contributed by atoms with Gasteiger partial charge in [-0.3, -0.25) is 14.6 Å². The third kappa shape index (κ3) is 4.65. The van der Waals surface area contributed by atoms with Crippen LogP contribution in [0.1, 0.15) is 30.8 Å². The minimum atomic E-state index is -0.223. The molecule has 1 atom stereocenters. The van der Waals surface area contributed by atoms with Crippen LogP contribution in [0.5, 0.6) is 5.75 Å². The number of carbonyl (C=O) groups excluding carboxylic acids is 2. The lowest BCUT2D eigenvalue weighted by molar-refractivity contribution is -0.123. The molecule has 8 heteroatoms. The highest BCUT2D eigenvalue weighted by Crippen LogP contribution is 2.25. The summed E-state index contributed by atoms with van der Waals surface area (Å²) in [7, 11) is 0. The van der Waals surface area contributed by atoms with Crippen molar-refractivity contribution in [2.24, 2.45) is 0 Å². The zero-order chi connectivity index (χ0) is 20.9. The molecule has 0 saturated carbocycles. The predicted octanol–water partition coefficient (Wildman–Crippen LogP) is 3.59. The highest BCUT2D eigenvalue weighted by atomic mass is 32.1. The molecule has 0 bridgehead atoms. The second kappa shape index (κ2) is 9.04. The van der Waals surface area contributed by atoms with E-state index in [0.29, 0.717) is 12.2 Å². The van der Waals surface area contributed by atoms with Crippen LogP contribution < -0.4 is 15.0 Å². The molecule has 0 spiro atoms. The lowest BCUT2D eigenvalue weighted by Crippen LogP contribution is -2.31. The van der Waals surface area contributed by atoms with Gasteiger partial charge >= 0.3 is 0 Å². The molecule has 1 fully saturated rings. The highest BCUT2D eigenvalue weighted by molar-refractivity contribution is 7.10. The van der Waals surface area contributed by atoms with Crippen LogP contribution in [-0.4, -0.2) is 34.9 Å². The first-order valence-electron chi connectivity index (χ1n) is 9.78. The van der Waals surface area contributed by atoms with Crippen molar-refractivity contribution in [1.82, 2.24) is 15.3 Å². The predicted molar refractivity (Wildman–Crippen MR) is 115 cm³/mol. The number of nitrogens with zero attached hydrogens (tertiary/aromatic N) is 3. The molecule has 1 unspecified atom stereocenters. The number of pyridine rings is 1. The molecule has 30 heavy (non-hydrogen) atoms. The Labute approximate surface area is 178 Å². The molecule has 3 heterocycles. The molecule has 1 aromatic carbocycles. The molecule has 1 N–H and O–H groups in total. The second-order valence-corrected chi connectivity index (χ2v) is 7.92. The first-order chi connectivity index (χ1) is 14.6. The van der Waals surface area contributed by atoms with E-state index in [1.54, 1.807) is 29.4 Å². The molecule has 1 saturated heterocycles. The van der Waals surface area contributed by atoms with Crippen LogP contribution in [-0.2, 0) is 9.59 Å². The van der Waals surface area contributed by atoms with Crippen molar-refractivity contribution in [2.75, 3.05) is 18.1 Å². The molecule has 4 rings (SSSR count). The van der Waals surface area contributed by atoms with Gasteiger partial charge in [0.05, 0.1) is 11.7 Å². The summed E-state index contributed by atoms with van der Waals surface area (Å²) in [6, 6.07) is 10.8. The van der Waals surface area contributed by atoms with Crippen molar-refractivity contribution in [3.05, 3.63) is 59.2 Å². The van der Waals surface area contributed by atoms with E-state index in [2.05, 4.69) is 15.3 Å². The molecule has 1 aliphatic rings. The van der Waals surface area contributed by atoms with E-state index in [1.807, 2.05) is 36.6 Å². The van der Waals surface area contributed by atoms with Crippen LogP contribution in [0.25, 0.3) is 11.3 Å². The molecule has 0 radical (unpaired) electrons. The van der Waals surface area contributed by atoms with Crippen LogP contribution in [0.3, 0.4) is 0 Å². The number of amides is 2. The summed E-state index contributed by atoms with van der Waals surface area (Å²) >= 11 is 1.50. The Morgan fingerprint density at radius 1 is 1.30 bits per heavy atom. The van der Waals surface area contributed by atoms with E-state index in [9.17, 15) is 9.59 Å². The van der Waals surface area contributed by atoms with E-state index < -0.39 is 0 Å². The Morgan fingerprint density at radius 2 is 2.13 bits per heavy atom. The van der Waals surface area contributed by atoms with E-state index >= 15 is 0 Å². The number of aromatic nitrogens is 2. The molecular weight excluding hydrogens is 400 g/mol. The van der Waals surface area contributed by atoms with Crippen molar-refractivity contribution in [3.63, 3.8) is 0 Å². The Bertz CT molecular complexity index is 1020. The number of ether oxygens (including phenoxy) is 1. The Kier molecular flexibility index (Phi) is 6.04. The maximum atomic E-state index is 12.3. The first-order valence-corrected chi connectivity index (χ1v) is 10.7. The summed E-state index contributed by atoms with van der Waals surface area (Å²) in [5.74, 6) is 0.506. The molecule has 7 nitrogen and oxygen atoms in total. The van der Waals surface area contributed by atoms with E-state index in [0.717, 1.165) is 34.9 Å². The largest absolute Gasteiger partial charge is 0.484 e. The van der Waals surface area contributed by atoms with E-state index in [1.165, 1.54) is 11.3 Å². The third-order valence-electron chi connectivity index (χ3n) is 4.82. The van der Waals surface area contributed by atoms with Crippen LogP contribution in [0, 0.1) is 0 Å². The van der Waals surface area contributed by atoms with E-state index in [-0.39, 0.29) is 24.5 Å². The van der Waals surface area contributed by atoms with Crippen molar-refractivity contribution in [3.8, 4) is 17.0 Å². The average Bonchev–Trinajstić information content (AvgIpc) is 3.43. The summed E-state index contributed by atoms with van der Waals surface area (Å²) in [4.78, 5) is 34.6. The summed E-state index contributed by atoms with van der Waals surface area (Å²) in [6.07, 6.45) is 4.97. The van der Waals surface area contributed by atoms with Gasteiger partial charge in [-0.2, -0.15) is 0 Å². The zero-order valence-corrected chi connectivity index (χ0v) is 17.4. The topological polar surface area (TPSA) is 84.4 Å². The van der Waals surface area contributed by atoms with Crippen molar-refractivity contribution in [1.29, 1.82) is 0 Å². The summed E-state index contributed by atoms with van der Waals surface area (Å²) < 4.78 is 5.58.